The van der Waals surface area contributed by atoms with Crippen LogP contribution in [0.25, 0.3) is 0 Å². The summed E-state index contributed by atoms with van der Waals surface area (Å²) >= 11 is 0. The molecule has 0 saturated heterocycles. The minimum atomic E-state index is -0.0212. The highest BCUT2D eigenvalue weighted by atomic mass is 16.5. The lowest BCUT2D eigenvalue weighted by molar-refractivity contribution is -0.123. The molecule has 0 aliphatic heterocycles. The number of hydrogen-bond donors (Lipinski definition) is 1. The maximum atomic E-state index is 11.5. The highest BCUT2D eigenvalue weighted by Crippen LogP contribution is 2.19. The molecule has 0 spiro atoms. The van der Waals surface area contributed by atoms with Gasteiger partial charge >= 0.3 is 0 Å². The molecule has 0 unspecified atom stereocenters. The molecule has 1 aromatic carbocycles. The van der Waals surface area contributed by atoms with E-state index in [9.17, 15) is 4.79 Å². The average Bonchev–Trinajstić information content (AvgIpc) is 3.09. The number of carbonyl (C=O) groups excluding carboxylic acids is 1. The fraction of sp³-hybridized carbons (Fsp3) is 0.500. The van der Waals surface area contributed by atoms with Gasteiger partial charge in [0.15, 0.2) is 6.61 Å². The van der Waals surface area contributed by atoms with Gasteiger partial charge in [0, 0.05) is 6.04 Å². The molecular formula is C14H19NO2. The van der Waals surface area contributed by atoms with E-state index in [1.165, 1.54) is 11.1 Å². The average molecular weight is 233 g/mol. The second kappa shape index (κ2) is 5.21. The van der Waals surface area contributed by atoms with Crippen molar-refractivity contribution in [2.75, 3.05) is 6.61 Å². The van der Waals surface area contributed by atoms with Crippen LogP contribution in [-0.2, 0) is 11.2 Å². The van der Waals surface area contributed by atoms with Crippen LogP contribution in [0.5, 0.6) is 5.75 Å². The molecule has 1 aliphatic carbocycles. The quantitative estimate of drug-likeness (QED) is 0.846. The molecule has 1 N–H and O–H groups in total. The summed E-state index contributed by atoms with van der Waals surface area (Å²) in [6.45, 7) is 4.26. The molecule has 17 heavy (non-hydrogen) atoms. The molecule has 1 amide bonds. The summed E-state index contributed by atoms with van der Waals surface area (Å²) in [7, 11) is 0. The molecule has 0 bridgehead atoms. The third-order valence-electron chi connectivity index (χ3n) is 2.83. The molecule has 0 heterocycles. The van der Waals surface area contributed by atoms with Gasteiger partial charge in [-0.25, -0.2) is 0 Å². The van der Waals surface area contributed by atoms with Crippen molar-refractivity contribution in [3.05, 3.63) is 29.3 Å². The summed E-state index contributed by atoms with van der Waals surface area (Å²) < 4.78 is 5.51. The molecule has 2 rings (SSSR count). The lowest BCUT2D eigenvalue weighted by Crippen LogP contribution is -2.30. The van der Waals surface area contributed by atoms with Gasteiger partial charge in [-0.3, -0.25) is 4.79 Å². The van der Waals surface area contributed by atoms with Gasteiger partial charge in [-0.05, 0) is 49.4 Å². The lowest BCUT2D eigenvalue weighted by atomic mass is 10.1. The van der Waals surface area contributed by atoms with Crippen molar-refractivity contribution in [3.63, 3.8) is 0 Å². The lowest BCUT2D eigenvalue weighted by Gasteiger charge is -2.09. The zero-order chi connectivity index (χ0) is 12.3. The van der Waals surface area contributed by atoms with E-state index >= 15 is 0 Å². The van der Waals surface area contributed by atoms with Crippen LogP contribution in [-0.4, -0.2) is 18.6 Å². The molecule has 0 aromatic heterocycles. The molecule has 3 nitrogen and oxygen atoms in total. The van der Waals surface area contributed by atoms with Gasteiger partial charge in [0.2, 0.25) is 0 Å². The topological polar surface area (TPSA) is 38.3 Å². The van der Waals surface area contributed by atoms with Crippen molar-refractivity contribution in [2.24, 2.45) is 0 Å². The van der Waals surface area contributed by atoms with E-state index in [0.29, 0.717) is 6.04 Å². The first-order chi connectivity index (χ1) is 8.17. The van der Waals surface area contributed by atoms with E-state index in [1.54, 1.807) is 0 Å². The highest BCUT2D eigenvalue weighted by molar-refractivity contribution is 5.78. The fourth-order valence-corrected chi connectivity index (χ4v) is 1.76. The van der Waals surface area contributed by atoms with Crippen LogP contribution in [0.2, 0.25) is 0 Å². The normalized spacial score (nSPS) is 14.5. The Morgan fingerprint density at radius 1 is 1.41 bits per heavy atom. The smallest absolute Gasteiger partial charge is 0.258 e. The first-order valence-corrected chi connectivity index (χ1v) is 6.20. The van der Waals surface area contributed by atoms with Crippen LogP contribution in [0.15, 0.2) is 18.2 Å². The number of rotatable bonds is 5. The van der Waals surface area contributed by atoms with Gasteiger partial charge in [0.05, 0.1) is 0 Å². The van der Waals surface area contributed by atoms with Crippen LogP contribution in [0.4, 0.5) is 0 Å². The summed E-state index contributed by atoms with van der Waals surface area (Å²) in [5, 5.41) is 2.90. The monoisotopic (exact) mass is 233 g/mol. The first kappa shape index (κ1) is 12.0. The summed E-state index contributed by atoms with van der Waals surface area (Å²) in [4.78, 5) is 11.5. The Kier molecular flexibility index (Phi) is 3.67. The van der Waals surface area contributed by atoms with E-state index in [-0.39, 0.29) is 12.5 Å². The fourth-order valence-electron chi connectivity index (χ4n) is 1.76. The molecule has 1 fully saturated rings. The molecule has 1 aromatic rings. The summed E-state index contributed by atoms with van der Waals surface area (Å²) in [6.07, 6.45) is 3.19. The number of benzene rings is 1. The van der Waals surface area contributed by atoms with Gasteiger partial charge in [-0.2, -0.15) is 0 Å². The van der Waals surface area contributed by atoms with Gasteiger partial charge in [-0.15, -0.1) is 0 Å². The number of hydrogen-bond acceptors (Lipinski definition) is 2. The van der Waals surface area contributed by atoms with Gasteiger partial charge < -0.3 is 10.1 Å². The van der Waals surface area contributed by atoms with Crippen molar-refractivity contribution in [1.29, 1.82) is 0 Å². The van der Waals surface area contributed by atoms with Crippen molar-refractivity contribution in [2.45, 2.75) is 39.2 Å². The number of aryl methyl sites for hydroxylation is 2. The predicted octanol–water partition coefficient (Wildman–Crippen LogP) is 2.21. The standard InChI is InChI=1S/C14H19NO2/c1-3-11-6-10(2)7-13(8-11)17-9-14(16)15-12-4-5-12/h6-8,12H,3-5,9H2,1-2H3,(H,15,16). The predicted molar refractivity (Wildman–Crippen MR) is 67.2 cm³/mol. The SMILES string of the molecule is CCc1cc(C)cc(OCC(=O)NC2CC2)c1. The van der Waals surface area contributed by atoms with Crippen molar-refractivity contribution < 1.29 is 9.53 Å². The zero-order valence-corrected chi connectivity index (χ0v) is 10.5. The van der Waals surface area contributed by atoms with Gasteiger partial charge in [-0.1, -0.05) is 13.0 Å². The molecule has 1 aliphatic rings. The van der Waals surface area contributed by atoms with E-state index in [1.807, 2.05) is 19.1 Å². The molecule has 1 saturated carbocycles. The van der Waals surface area contributed by atoms with Gasteiger partial charge in [0.25, 0.3) is 5.91 Å². The van der Waals surface area contributed by atoms with Gasteiger partial charge in [0.1, 0.15) is 5.75 Å². The first-order valence-electron chi connectivity index (χ1n) is 6.20. The maximum Gasteiger partial charge on any atom is 0.258 e. The van der Waals surface area contributed by atoms with Crippen molar-refractivity contribution in [3.8, 4) is 5.75 Å². The van der Waals surface area contributed by atoms with E-state index < -0.39 is 0 Å². The second-order valence-electron chi connectivity index (χ2n) is 4.64. The number of carbonyl (C=O) groups is 1. The Morgan fingerprint density at radius 3 is 2.82 bits per heavy atom. The molecular weight excluding hydrogens is 214 g/mol. The minimum Gasteiger partial charge on any atom is -0.484 e. The Balaban J connectivity index is 1.88. The van der Waals surface area contributed by atoms with Crippen LogP contribution in [0.3, 0.4) is 0 Å². The van der Waals surface area contributed by atoms with Crippen LogP contribution in [0, 0.1) is 6.92 Å². The van der Waals surface area contributed by atoms with E-state index in [4.69, 9.17) is 4.74 Å². The number of nitrogens with one attached hydrogen (secondary N) is 1. The third-order valence-corrected chi connectivity index (χ3v) is 2.83. The maximum absolute atomic E-state index is 11.5. The molecule has 0 radical (unpaired) electrons. The molecule has 0 atom stereocenters. The van der Waals surface area contributed by atoms with Crippen LogP contribution < -0.4 is 10.1 Å². The molecule has 3 heteroatoms. The minimum absolute atomic E-state index is 0.0212. The van der Waals surface area contributed by atoms with Crippen molar-refractivity contribution >= 4 is 5.91 Å². The second-order valence-corrected chi connectivity index (χ2v) is 4.64. The Labute approximate surface area is 102 Å². The zero-order valence-electron chi connectivity index (χ0n) is 10.5. The molecule has 92 valence electrons. The summed E-state index contributed by atoms with van der Waals surface area (Å²) in [5.74, 6) is 0.764. The van der Waals surface area contributed by atoms with E-state index in [2.05, 4.69) is 18.3 Å². The van der Waals surface area contributed by atoms with Crippen LogP contribution in [0.1, 0.15) is 30.9 Å². The Bertz CT molecular complexity index is 411. The Hall–Kier alpha value is -1.51. The summed E-state index contributed by atoms with van der Waals surface area (Å²) in [5.41, 5.74) is 2.41. The largest absolute Gasteiger partial charge is 0.484 e. The third kappa shape index (κ3) is 3.77. The highest BCUT2D eigenvalue weighted by Gasteiger charge is 2.23. The summed E-state index contributed by atoms with van der Waals surface area (Å²) in [6, 6.07) is 6.49. The van der Waals surface area contributed by atoms with E-state index in [0.717, 1.165) is 25.0 Å². The van der Waals surface area contributed by atoms with Crippen LogP contribution >= 0.6 is 0 Å². The number of ether oxygens (including phenoxy) is 1. The Morgan fingerprint density at radius 2 is 2.18 bits per heavy atom. The van der Waals surface area contributed by atoms with Crippen molar-refractivity contribution in [1.82, 2.24) is 5.32 Å². The number of amides is 1.